The number of halogens is 1. The summed E-state index contributed by atoms with van der Waals surface area (Å²) in [6.45, 7) is 6.80. The van der Waals surface area contributed by atoms with E-state index in [4.69, 9.17) is 21.4 Å². The van der Waals surface area contributed by atoms with E-state index in [9.17, 15) is 4.79 Å². The molecular weight excluding hydrogens is 288 g/mol. The van der Waals surface area contributed by atoms with Gasteiger partial charge in [0.05, 0.1) is 12.5 Å². The van der Waals surface area contributed by atoms with Crippen LogP contribution in [0.15, 0.2) is 6.07 Å². The van der Waals surface area contributed by atoms with Gasteiger partial charge in [-0.1, -0.05) is 18.5 Å². The molecule has 4 heteroatoms. The van der Waals surface area contributed by atoms with Crippen molar-refractivity contribution in [1.29, 1.82) is 0 Å². The van der Waals surface area contributed by atoms with Crippen LogP contribution in [0.1, 0.15) is 42.9 Å². The number of aryl methyl sites for hydroxylation is 1. The normalized spacial score (nSPS) is 20.4. The molecule has 0 radical (unpaired) electrons. The van der Waals surface area contributed by atoms with Crippen LogP contribution in [0.4, 0.5) is 0 Å². The van der Waals surface area contributed by atoms with E-state index in [-0.39, 0.29) is 5.92 Å². The lowest BCUT2D eigenvalue weighted by atomic mass is 9.97. The van der Waals surface area contributed by atoms with E-state index >= 15 is 0 Å². The van der Waals surface area contributed by atoms with Crippen molar-refractivity contribution in [3.8, 4) is 5.75 Å². The highest BCUT2D eigenvalue weighted by molar-refractivity contribution is 6.31. The van der Waals surface area contributed by atoms with E-state index in [0.717, 1.165) is 53.1 Å². The average Bonchev–Trinajstić information content (AvgIpc) is 3.20. The summed E-state index contributed by atoms with van der Waals surface area (Å²) < 4.78 is 5.90. The molecule has 1 aromatic rings. The Morgan fingerprint density at radius 2 is 2.19 bits per heavy atom. The average molecular weight is 311 g/mol. The van der Waals surface area contributed by atoms with Crippen LogP contribution in [0.3, 0.4) is 0 Å². The molecule has 1 aliphatic carbocycles. The van der Waals surface area contributed by atoms with E-state index in [2.05, 4.69) is 6.92 Å². The van der Waals surface area contributed by atoms with Crippen molar-refractivity contribution >= 4 is 17.6 Å². The summed E-state index contributed by atoms with van der Waals surface area (Å²) in [6, 6.07) is 1.95. The minimum atomic E-state index is -0.665. The smallest absolute Gasteiger partial charge is 0.306 e. The highest BCUT2D eigenvalue weighted by Gasteiger charge is 2.42. The molecule has 0 bridgehead atoms. The van der Waals surface area contributed by atoms with E-state index in [0.29, 0.717) is 12.5 Å². The fourth-order valence-corrected chi connectivity index (χ4v) is 3.10. The number of carbonyl (C=O) groups is 1. The van der Waals surface area contributed by atoms with Crippen LogP contribution in [-0.4, -0.2) is 17.7 Å². The van der Waals surface area contributed by atoms with Gasteiger partial charge in [0.2, 0.25) is 0 Å². The molecule has 2 unspecified atom stereocenters. The summed E-state index contributed by atoms with van der Waals surface area (Å²) >= 11 is 6.29. The zero-order chi connectivity index (χ0) is 15.6. The topological polar surface area (TPSA) is 46.5 Å². The predicted octanol–water partition coefficient (Wildman–Crippen LogP) is 4.40. The zero-order valence-corrected chi connectivity index (χ0v) is 13.7. The molecule has 1 aliphatic rings. The molecule has 3 nitrogen and oxygen atoms in total. The van der Waals surface area contributed by atoms with E-state index < -0.39 is 5.97 Å². The number of aliphatic carboxylic acids is 1. The minimum Gasteiger partial charge on any atom is -0.493 e. The van der Waals surface area contributed by atoms with Crippen LogP contribution in [0, 0.1) is 25.7 Å². The molecule has 0 amide bonds. The molecule has 21 heavy (non-hydrogen) atoms. The maximum Gasteiger partial charge on any atom is 0.306 e. The molecule has 0 aromatic heterocycles. The number of carboxylic acid groups (broad SMARTS) is 1. The number of hydrogen-bond acceptors (Lipinski definition) is 2. The maximum atomic E-state index is 10.9. The number of ether oxygens (including phenoxy) is 1. The highest BCUT2D eigenvalue weighted by atomic mass is 35.5. The second-order valence-corrected chi connectivity index (χ2v) is 6.34. The molecule has 0 heterocycles. The van der Waals surface area contributed by atoms with Crippen molar-refractivity contribution in [3.63, 3.8) is 0 Å². The van der Waals surface area contributed by atoms with Gasteiger partial charge in [-0.25, -0.2) is 0 Å². The molecule has 1 N–H and O–H groups in total. The Kier molecular flexibility index (Phi) is 5.15. The Labute approximate surface area is 131 Å². The molecule has 0 saturated heterocycles. The van der Waals surface area contributed by atoms with Gasteiger partial charge in [0.1, 0.15) is 5.75 Å². The van der Waals surface area contributed by atoms with Gasteiger partial charge in [-0.05, 0) is 68.2 Å². The van der Waals surface area contributed by atoms with Gasteiger partial charge >= 0.3 is 5.97 Å². The third-order valence-corrected chi connectivity index (χ3v) is 4.63. The number of carboxylic acids is 1. The zero-order valence-electron chi connectivity index (χ0n) is 12.9. The largest absolute Gasteiger partial charge is 0.493 e. The molecule has 1 saturated carbocycles. The lowest BCUT2D eigenvalue weighted by Crippen LogP contribution is -2.05. The van der Waals surface area contributed by atoms with Gasteiger partial charge in [0.25, 0.3) is 0 Å². The third kappa shape index (κ3) is 3.70. The first-order chi connectivity index (χ1) is 9.95. The SMILES string of the molecule is CCCOc1c(C)cc(Cl)c(C)c1CCC1CC1C(=O)O. The first-order valence-corrected chi connectivity index (χ1v) is 7.97. The number of rotatable bonds is 7. The predicted molar refractivity (Wildman–Crippen MR) is 84.3 cm³/mol. The molecular formula is C17H23ClO3. The van der Waals surface area contributed by atoms with Gasteiger partial charge in [0, 0.05) is 5.02 Å². The van der Waals surface area contributed by atoms with Crippen molar-refractivity contribution in [2.45, 2.75) is 46.5 Å². The fourth-order valence-electron chi connectivity index (χ4n) is 2.82. The summed E-state index contributed by atoms with van der Waals surface area (Å²) in [5.74, 6) is 0.429. The molecule has 2 rings (SSSR count). The van der Waals surface area contributed by atoms with Crippen molar-refractivity contribution in [3.05, 3.63) is 27.8 Å². The van der Waals surface area contributed by atoms with Crippen molar-refractivity contribution in [2.24, 2.45) is 11.8 Å². The van der Waals surface area contributed by atoms with Gasteiger partial charge in [-0.15, -0.1) is 0 Å². The van der Waals surface area contributed by atoms with Crippen LogP contribution < -0.4 is 4.74 Å². The first-order valence-electron chi connectivity index (χ1n) is 7.59. The van der Waals surface area contributed by atoms with E-state index in [1.165, 1.54) is 0 Å². The second-order valence-electron chi connectivity index (χ2n) is 5.94. The Balaban J connectivity index is 2.14. The second kappa shape index (κ2) is 6.69. The van der Waals surface area contributed by atoms with Gasteiger partial charge in [-0.2, -0.15) is 0 Å². The van der Waals surface area contributed by atoms with Crippen LogP contribution in [0.2, 0.25) is 5.02 Å². The molecule has 2 atom stereocenters. The fraction of sp³-hybridized carbons (Fsp3) is 0.588. The summed E-state index contributed by atoms with van der Waals surface area (Å²) in [5, 5.41) is 9.75. The van der Waals surface area contributed by atoms with Crippen molar-refractivity contribution < 1.29 is 14.6 Å². The van der Waals surface area contributed by atoms with Gasteiger partial charge in [-0.3, -0.25) is 4.79 Å². The Bertz CT molecular complexity index is 539. The van der Waals surface area contributed by atoms with Gasteiger partial charge < -0.3 is 9.84 Å². The first kappa shape index (κ1) is 16.2. The van der Waals surface area contributed by atoms with E-state index in [1.807, 2.05) is 19.9 Å². The highest BCUT2D eigenvalue weighted by Crippen LogP contribution is 2.43. The summed E-state index contributed by atoms with van der Waals surface area (Å²) in [6.07, 6.45) is 3.49. The molecule has 1 fully saturated rings. The Morgan fingerprint density at radius 3 is 2.76 bits per heavy atom. The molecule has 0 spiro atoms. The molecule has 116 valence electrons. The lowest BCUT2D eigenvalue weighted by molar-refractivity contribution is -0.138. The third-order valence-electron chi connectivity index (χ3n) is 4.24. The summed E-state index contributed by atoms with van der Waals surface area (Å²) in [4.78, 5) is 10.9. The van der Waals surface area contributed by atoms with Crippen molar-refractivity contribution in [2.75, 3.05) is 6.61 Å². The van der Waals surface area contributed by atoms with Crippen LogP contribution in [0.25, 0.3) is 0 Å². The standard InChI is InChI=1S/C17H23ClO3/c1-4-7-21-16-10(2)8-15(18)11(3)13(16)6-5-12-9-14(12)17(19)20/h8,12,14H,4-7,9H2,1-3H3,(H,19,20). The maximum absolute atomic E-state index is 10.9. The summed E-state index contributed by atoms with van der Waals surface area (Å²) in [7, 11) is 0. The lowest BCUT2D eigenvalue weighted by Gasteiger charge is -2.17. The summed E-state index contributed by atoms with van der Waals surface area (Å²) in [5.41, 5.74) is 3.25. The van der Waals surface area contributed by atoms with Gasteiger partial charge in [0.15, 0.2) is 0 Å². The van der Waals surface area contributed by atoms with Crippen molar-refractivity contribution in [1.82, 2.24) is 0 Å². The number of hydrogen-bond donors (Lipinski definition) is 1. The Morgan fingerprint density at radius 1 is 1.48 bits per heavy atom. The minimum absolute atomic E-state index is 0.148. The molecule has 1 aromatic carbocycles. The van der Waals surface area contributed by atoms with Crippen LogP contribution >= 0.6 is 11.6 Å². The quantitative estimate of drug-likeness (QED) is 0.812. The number of benzene rings is 1. The van der Waals surface area contributed by atoms with E-state index in [1.54, 1.807) is 0 Å². The van der Waals surface area contributed by atoms with Crippen LogP contribution in [-0.2, 0) is 11.2 Å². The monoisotopic (exact) mass is 310 g/mol. The van der Waals surface area contributed by atoms with Crippen LogP contribution in [0.5, 0.6) is 5.75 Å². The molecule has 0 aliphatic heterocycles. The Hall–Kier alpha value is -1.22.